The number of aryl methyl sites for hydroxylation is 2. The van der Waals surface area contributed by atoms with Gasteiger partial charge in [0.25, 0.3) is 0 Å². The maximum atomic E-state index is 11.7. The lowest BCUT2D eigenvalue weighted by atomic mass is 10.1. The zero-order chi connectivity index (χ0) is 15.4. The third-order valence-corrected chi connectivity index (χ3v) is 3.61. The van der Waals surface area contributed by atoms with Crippen LogP contribution in [-0.2, 0) is 6.54 Å². The number of carbonyl (C=O) groups is 1. The molecular formula is C15H21ClN4O. The quantitative estimate of drug-likeness (QED) is 0.679. The number of halogens is 1. The van der Waals surface area contributed by atoms with E-state index in [1.165, 1.54) is 4.90 Å². The average molecular weight is 309 g/mol. The van der Waals surface area contributed by atoms with Crippen LogP contribution in [0.5, 0.6) is 0 Å². The summed E-state index contributed by atoms with van der Waals surface area (Å²) in [7, 11) is 3.43. The number of nitrogens with zero attached hydrogens (tertiary/aromatic N) is 3. The average Bonchev–Trinajstić information content (AvgIpc) is 2.82. The van der Waals surface area contributed by atoms with Crippen LogP contribution in [0.25, 0.3) is 11.0 Å². The van der Waals surface area contributed by atoms with Crippen LogP contribution < -0.4 is 5.32 Å². The van der Waals surface area contributed by atoms with Gasteiger partial charge in [0.05, 0.1) is 17.4 Å². The summed E-state index contributed by atoms with van der Waals surface area (Å²) in [5.74, 6) is 0.687. The first-order chi connectivity index (χ1) is 10.0. The molecule has 0 radical (unpaired) electrons. The van der Waals surface area contributed by atoms with Crippen LogP contribution in [0.15, 0.2) is 18.5 Å². The van der Waals surface area contributed by atoms with Crippen molar-refractivity contribution >= 4 is 34.4 Å². The molecule has 0 spiro atoms. The summed E-state index contributed by atoms with van der Waals surface area (Å²) in [6.07, 6.45) is 3.88. The third-order valence-electron chi connectivity index (χ3n) is 3.34. The lowest BCUT2D eigenvalue weighted by Crippen LogP contribution is -2.27. The van der Waals surface area contributed by atoms with E-state index in [1.807, 2.05) is 25.4 Å². The van der Waals surface area contributed by atoms with Crippen LogP contribution in [0, 0.1) is 6.92 Å². The van der Waals surface area contributed by atoms with E-state index in [4.69, 9.17) is 11.6 Å². The van der Waals surface area contributed by atoms with E-state index >= 15 is 0 Å². The smallest absolute Gasteiger partial charge is 0.321 e. The van der Waals surface area contributed by atoms with E-state index in [-0.39, 0.29) is 6.03 Å². The highest BCUT2D eigenvalue weighted by Gasteiger charge is 2.10. The van der Waals surface area contributed by atoms with E-state index in [0.29, 0.717) is 5.88 Å². The first-order valence-electron chi connectivity index (χ1n) is 7.02. The summed E-state index contributed by atoms with van der Waals surface area (Å²) in [6.45, 7) is 2.95. The Balaban J connectivity index is 2.25. The Bertz CT molecular complexity index is 636. The van der Waals surface area contributed by atoms with Crippen molar-refractivity contribution in [2.24, 2.45) is 0 Å². The molecule has 0 bridgehead atoms. The molecule has 0 fully saturated rings. The van der Waals surface area contributed by atoms with Crippen LogP contribution in [0.3, 0.4) is 0 Å². The fourth-order valence-electron chi connectivity index (χ4n) is 2.28. The fourth-order valence-corrected chi connectivity index (χ4v) is 2.47. The van der Waals surface area contributed by atoms with Gasteiger partial charge in [-0.25, -0.2) is 9.78 Å². The van der Waals surface area contributed by atoms with Crippen LogP contribution in [-0.4, -0.2) is 40.5 Å². The second-order valence-corrected chi connectivity index (χ2v) is 5.70. The molecule has 0 unspecified atom stereocenters. The second-order valence-electron chi connectivity index (χ2n) is 5.32. The number of benzene rings is 1. The van der Waals surface area contributed by atoms with Gasteiger partial charge in [0.1, 0.15) is 0 Å². The zero-order valence-corrected chi connectivity index (χ0v) is 13.4. The van der Waals surface area contributed by atoms with Crippen molar-refractivity contribution in [1.82, 2.24) is 14.5 Å². The van der Waals surface area contributed by atoms with Crippen molar-refractivity contribution in [2.45, 2.75) is 26.3 Å². The van der Waals surface area contributed by atoms with Crippen molar-refractivity contribution < 1.29 is 4.79 Å². The number of hydrogen-bond donors (Lipinski definition) is 1. The molecule has 21 heavy (non-hydrogen) atoms. The number of imidazole rings is 1. The number of urea groups is 1. The predicted molar refractivity (Wildman–Crippen MR) is 87.1 cm³/mol. The maximum Gasteiger partial charge on any atom is 0.321 e. The first kappa shape index (κ1) is 15.6. The Labute approximate surface area is 129 Å². The topological polar surface area (TPSA) is 50.2 Å². The number of rotatable bonds is 5. The van der Waals surface area contributed by atoms with Gasteiger partial charge >= 0.3 is 6.03 Å². The largest absolute Gasteiger partial charge is 0.331 e. The van der Waals surface area contributed by atoms with Gasteiger partial charge in [-0.2, -0.15) is 0 Å². The summed E-state index contributed by atoms with van der Waals surface area (Å²) in [4.78, 5) is 17.7. The second kappa shape index (κ2) is 6.80. The van der Waals surface area contributed by atoms with Gasteiger partial charge in [-0.15, -0.1) is 11.6 Å². The molecule has 5 nitrogen and oxygen atoms in total. The Morgan fingerprint density at radius 3 is 2.81 bits per heavy atom. The lowest BCUT2D eigenvalue weighted by Gasteiger charge is -2.13. The number of unbranched alkanes of at least 4 members (excludes halogenated alkanes) is 1. The number of alkyl halides is 1. The fraction of sp³-hybridized carbons (Fsp3) is 0.467. The Kier molecular flexibility index (Phi) is 5.07. The molecule has 0 aliphatic carbocycles. The highest BCUT2D eigenvalue weighted by molar-refractivity contribution is 6.17. The van der Waals surface area contributed by atoms with Crippen LogP contribution >= 0.6 is 11.6 Å². The highest BCUT2D eigenvalue weighted by atomic mass is 35.5. The van der Waals surface area contributed by atoms with Crippen molar-refractivity contribution in [3.8, 4) is 0 Å². The van der Waals surface area contributed by atoms with Gasteiger partial charge in [0, 0.05) is 32.2 Å². The van der Waals surface area contributed by atoms with Gasteiger partial charge in [-0.3, -0.25) is 0 Å². The van der Waals surface area contributed by atoms with E-state index in [9.17, 15) is 4.79 Å². The highest BCUT2D eigenvalue weighted by Crippen LogP contribution is 2.23. The minimum absolute atomic E-state index is 0.143. The molecule has 114 valence electrons. The minimum atomic E-state index is -0.143. The molecule has 1 aromatic carbocycles. The molecule has 0 aliphatic heterocycles. The molecule has 0 saturated carbocycles. The monoisotopic (exact) mass is 308 g/mol. The summed E-state index contributed by atoms with van der Waals surface area (Å²) in [5.41, 5.74) is 3.89. The first-order valence-corrected chi connectivity index (χ1v) is 7.56. The molecule has 0 atom stereocenters. The standard InChI is InChI=1S/C15H21ClN4O/c1-11-8-12(18-15(21)19(2)3)9-13-14(11)20(10-17-13)7-5-4-6-16/h8-10H,4-7H2,1-3H3,(H,18,21). The molecule has 0 aliphatic rings. The number of nitrogens with one attached hydrogen (secondary N) is 1. The molecule has 6 heteroatoms. The van der Waals surface area contributed by atoms with E-state index in [2.05, 4.69) is 14.9 Å². The van der Waals surface area contributed by atoms with E-state index < -0.39 is 0 Å². The zero-order valence-electron chi connectivity index (χ0n) is 12.7. The summed E-state index contributed by atoms with van der Waals surface area (Å²) in [6, 6.07) is 3.74. The number of anilines is 1. The third kappa shape index (κ3) is 3.67. The Morgan fingerprint density at radius 2 is 2.14 bits per heavy atom. The van der Waals surface area contributed by atoms with Crippen LogP contribution in [0.4, 0.5) is 10.5 Å². The van der Waals surface area contributed by atoms with Gasteiger partial charge in [0.2, 0.25) is 0 Å². The molecule has 1 N–H and O–H groups in total. The maximum absolute atomic E-state index is 11.7. The minimum Gasteiger partial charge on any atom is -0.331 e. The van der Waals surface area contributed by atoms with Gasteiger partial charge < -0.3 is 14.8 Å². The van der Waals surface area contributed by atoms with Gasteiger partial charge in [0.15, 0.2) is 0 Å². The molecule has 0 saturated heterocycles. The van der Waals surface area contributed by atoms with Crippen molar-refractivity contribution in [2.75, 3.05) is 25.3 Å². The SMILES string of the molecule is Cc1cc(NC(=O)N(C)C)cc2ncn(CCCCCl)c12. The molecule has 2 aromatic rings. The number of hydrogen-bond acceptors (Lipinski definition) is 2. The number of fused-ring (bicyclic) bond motifs is 1. The van der Waals surface area contributed by atoms with E-state index in [1.54, 1.807) is 14.1 Å². The number of amides is 2. The summed E-state index contributed by atoms with van der Waals surface area (Å²) >= 11 is 5.72. The number of aromatic nitrogens is 2. The molecule has 2 amide bonds. The van der Waals surface area contributed by atoms with Crippen LogP contribution in [0.2, 0.25) is 0 Å². The number of carbonyl (C=O) groups excluding carboxylic acids is 1. The Hall–Kier alpha value is -1.75. The molecule has 2 rings (SSSR count). The van der Waals surface area contributed by atoms with Crippen LogP contribution in [0.1, 0.15) is 18.4 Å². The van der Waals surface area contributed by atoms with Gasteiger partial charge in [-0.1, -0.05) is 0 Å². The van der Waals surface area contributed by atoms with E-state index in [0.717, 1.165) is 41.7 Å². The van der Waals surface area contributed by atoms with Gasteiger partial charge in [-0.05, 0) is 37.5 Å². The lowest BCUT2D eigenvalue weighted by molar-refractivity contribution is 0.230. The summed E-state index contributed by atoms with van der Waals surface area (Å²) in [5, 5.41) is 2.86. The van der Waals surface area contributed by atoms with Crippen molar-refractivity contribution in [3.05, 3.63) is 24.0 Å². The normalized spacial score (nSPS) is 10.9. The summed E-state index contributed by atoms with van der Waals surface area (Å²) < 4.78 is 2.15. The Morgan fingerprint density at radius 1 is 1.38 bits per heavy atom. The predicted octanol–water partition coefficient (Wildman–Crippen LogP) is 3.46. The van der Waals surface area contributed by atoms with Crippen molar-refractivity contribution in [3.63, 3.8) is 0 Å². The van der Waals surface area contributed by atoms with Crippen molar-refractivity contribution in [1.29, 1.82) is 0 Å². The molecule has 1 heterocycles. The molecule has 1 aromatic heterocycles. The molecular weight excluding hydrogens is 288 g/mol.